The maximum absolute atomic E-state index is 10.5. The van der Waals surface area contributed by atoms with E-state index in [1.807, 2.05) is 0 Å². The van der Waals surface area contributed by atoms with Crippen LogP contribution in [0.15, 0.2) is 18.2 Å². The van der Waals surface area contributed by atoms with E-state index in [2.05, 4.69) is 10.2 Å². The summed E-state index contributed by atoms with van der Waals surface area (Å²) in [4.78, 5) is 10.5. The van der Waals surface area contributed by atoms with Crippen molar-refractivity contribution in [2.45, 2.75) is 0 Å². The number of rotatable bonds is 1. The fraction of sp³-hybridized carbons (Fsp3) is 0. The van der Waals surface area contributed by atoms with Gasteiger partial charge in [-0.1, -0.05) is 17.7 Å². The Hall–Kier alpha value is -1.42. The van der Waals surface area contributed by atoms with Gasteiger partial charge in [-0.2, -0.15) is 0 Å². The van der Waals surface area contributed by atoms with E-state index in [4.69, 9.17) is 11.6 Å². The minimum Gasteiger partial charge on any atom is -0.294 e. The van der Waals surface area contributed by atoms with Crippen LogP contribution in [-0.4, -0.2) is 20.9 Å². The third-order valence-corrected chi connectivity index (χ3v) is 1.81. The summed E-state index contributed by atoms with van der Waals surface area (Å²) in [5.74, 6) is 0.218. The van der Waals surface area contributed by atoms with Gasteiger partial charge in [-0.15, -0.1) is 10.2 Å². The Bertz CT molecular complexity index is 437. The summed E-state index contributed by atoms with van der Waals surface area (Å²) in [5.41, 5.74) is 0.574. The summed E-state index contributed by atoms with van der Waals surface area (Å²) in [6.45, 7) is 0. The lowest BCUT2D eigenvalue weighted by Gasteiger charge is -1.94. The van der Waals surface area contributed by atoms with Crippen molar-refractivity contribution >= 4 is 23.5 Å². The topological polar surface area (TPSA) is 47.3 Å². The Balaban J connectivity index is 2.91. The van der Waals surface area contributed by atoms with Gasteiger partial charge < -0.3 is 0 Å². The molecule has 12 heavy (non-hydrogen) atoms. The summed E-state index contributed by atoms with van der Waals surface area (Å²) in [5, 5.41) is 7.81. The molecule has 0 fully saturated rings. The molecular weight excluding hydrogens is 178 g/mol. The third-order valence-electron chi connectivity index (χ3n) is 1.51. The molecule has 2 heterocycles. The number of aldehydes is 1. The molecule has 0 spiro atoms. The van der Waals surface area contributed by atoms with E-state index in [9.17, 15) is 4.79 Å². The van der Waals surface area contributed by atoms with Crippen LogP contribution in [-0.2, 0) is 0 Å². The molecular formula is C7H4ClN3O. The molecule has 0 aromatic carbocycles. The van der Waals surface area contributed by atoms with Crippen LogP contribution >= 0.6 is 11.6 Å². The number of carbonyl (C=O) groups is 1. The highest BCUT2D eigenvalue weighted by molar-refractivity contribution is 6.29. The number of hydrogen-bond donors (Lipinski definition) is 0. The predicted octanol–water partition coefficient (Wildman–Crippen LogP) is 1.20. The fourth-order valence-corrected chi connectivity index (χ4v) is 1.25. The number of hydrogen-bond acceptors (Lipinski definition) is 3. The Morgan fingerprint density at radius 1 is 1.42 bits per heavy atom. The van der Waals surface area contributed by atoms with Crippen LogP contribution in [0.25, 0.3) is 5.65 Å². The number of fused-ring (bicyclic) bond motifs is 1. The quantitative estimate of drug-likeness (QED) is 0.491. The maximum atomic E-state index is 10.5. The van der Waals surface area contributed by atoms with Crippen LogP contribution in [0.1, 0.15) is 10.6 Å². The molecule has 0 saturated carbocycles. The molecule has 4 nitrogen and oxygen atoms in total. The van der Waals surface area contributed by atoms with Gasteiger partial charge in [-0.05, 0) is 12.1 Å². The molecule has 0 aliphatic heterocycles. The fourth-order valence-electron chi connectivity index (χ4n) is 1.00. The standard InChI is InChI=1S/C7H4ClN3O/c8-5-2-1-3-6-9-10-7(4-12)11(5)6/h1-4H. The summed E-state index contributed by atoms with van der Waals surface area (Å²) in [6.07, 6.45) is 0.617. The normalized spacial score (nSPS) is 10.4. The van der Waals surface area contributed by atoms with Crippen molar-refractivity contribution in [1.29, 1.82) is 0 Å². The Kier molecular flexibility index (Phi) is 1.55. The largest absolute Gasteiger partial charge is 0.294 e. The van der Waals surface area contributed by atoms with Crippen LogP contribution in [0.5, 0.6) is 0 Å². The summed E-state index contributed by atoms with van der Waals surface area (Å²) >= 11 is 5.81. The van der Waals surface area contributed by atoms with E-state index in [1.54, 1.807) is 18.2 Å². The molecule has 0 atom stereocenters. The van der Waals surface area contributed by atoms with Crippen LogP contribution < -0.4 is 0 Å². The lowest BCUT2D eigenvalue weighted by molar-refractivity contribution is 0.111. The van der Waals surface area contributed by atoms with Crippen molar-refractivity contribution in [2.75, 3.05) is 0 Å². The molecule has 0 aliphatic rings. The van der Waals surface area contributed by atoms with Gasteiger partial charge in [-0.3, -0.25) is 9.20 Å². The second-order valence-electron chi connectivity index (χ2n) is 2.22. The highest BCUT2D eigenvalue weighted by Gasteiger charge is 2.05. The first-order valence-electron chi connectivity index (χ1n) is 3.28. The third kappa shape index (κ3) is 0.887. The monoisotopic (exact) mass is 181 g/mol. The minimum absolute atomic E-state index is 0.218. The number of carbonyl (C=O) groups excluding carboxylic acids is 1. The van der Waals surface area contributed by atoms with Crippen molar-refractivity contribution < 1.29 is 4.79 Å². The summed E-state index contributed by atoms with van der Waals surface area (Å²) < 4.78 is 1.48. The van der Waals surface area contributed by atoms with Gasteiger partial charge in [0.2, 0.25) is 5.82 Å². The zero-order valence-electron chi connectivity index (χ0n) is 5.94. The van der Waals surface area contributed by atoms with Gasteiger partial charge in [0.05, 0.1) is 0 Å². The zero-order valence-corrected chi connectivity index (χ0v) is 6.69. The van der Waals surface area contributed by atoms with Gasteiger partial charge in [0.25, 0.3) is 0 Å². The van der Waals surface area contributed by atoms with Gasteiger partial charge in [0, 0.05) is 0 Å². The molecule has 0 N–H and O–H groups in total. The first-order chi connectivity index (χ1) is 5.83. The first-order valence-corrected chi connectivity index (χ1v) is 3.65. The van der Waals surface area contributed by atoms with Gasteiger partial charge in [0.1, 0.15) is 5.15 Å². The van der Waals surface area contributed by atoms with E-state index < -0.39 is 0 Å². The molecule has 0 aliphatic carbocycles. The number of nitrogens with zero attached hydrogens (tertiary/aromatic N) is 3. The van der Waals surface area contributed by atoms with E-state index in [-0.39, 0.29) is 5.82 Å². The lowest BCUT2D eigenvalue weighted by atomic mass is 10.5. The van der Waals surface area contributed by atoms with Crippen LogP contribution in [0.2, 0.25) is 5.15 Å². The second kappa shape index (κ2) is 2.57. The smallest absolute Gasteiger partial charge is 0.202 e. The van der Waals surface area contributed by atoms with Crippen molar-refractivity contribution in [3.05, 3.63) is 29.2 Å². The van der Waals surface area contributed by atoms with Crippen molar-refractivity contribution in [2.24, 2.45) is 0 Å². The maximum Gasteiger partial charge on any atom is 0.202 e. The molecule has 0 amide bonds. The van der Waals surface area contributed by atoms with Gasteiger partial charge >= 0.3 is 0 Å². The van der Waals surface area contributed by atoms with Crippen LogP contribution in [0, 0.1) is 0 Å². The average molecular weight is 182 g/mol. The van der Waals surface area contributed by atoms with Gasteiger partial charge in [0.15, 0.2) is 11.9 Å². The zero-order chi connectivity index (χ0) is 8.55. The summed E-state index contributed by atoms with van der Waals surface area (Å²) in [6, 6.07) is 5.15. The van der Waals surface area contributed by atoms with Crippen LogP contribution in [0.4, 0.5) is 0 Å². The van der Waals surface area contributed by atoms with E-state index in [0.29, 0.717) is 17.1 Å². The number of halogens is 1. The Morgan fingerprint density at radius 2 is 2.25 bits per heavy atom. The molecule has 0 bridgehead atoms. The molecule has 60 valence electrons. The van der Waals surface area contributed by atoms with Gasteiger partial charge in [-0.25, -0.2) is 0 Å². The van der Waals surface area contributed by atoms with Crippen molar-refractivity contribution in [3.63, 3.8) is 0 Å². The average Bonchev–Trinajstić information content (AvgIpc) is 2.49. The molecule has 0 saturated heterocycles. The minimum atomic E-state index is 0.218. The molecule has 0 radical (unpaired) electrons. The SMILES string of the molecule is O=Cc1nnc2cccc(Cl)n12. The first kappa shape index (κ1) is 7.24. The lowest BCUT2D eigenvalue weighted by Crippen LogP contribution is -1.92. The highest BCUT2D eigenvalue weighted by Crippen LogP contribution is 2.11. The molecule has 2 aromatic rings. The predicted molar refractivity (Wildman–Crippen MR) is 43.4 cm³/mol. The number of pyridine rings is 1. The highest BCUT2D eigenvalue weighted by atomic mass is 35.5. The molecule has 2 rings (SSSR count). The van der Waals surface area contributed by atoms with E-state index in [0.717, 1.165) is 0 Å². The molecule has 0 unspecified atom stereocenters. The summed E-state index contributed by atoms with van der Waals surface area (Å²) in [7, 11) is 0. The van der Waals surface area contributed by atoms with Crippen LogP contribution in [0.3, 0.4) is 0 Å². The number of aromatic nitrogens is 3. The molecule has 5 heteroatoms. The van der Waals surface area contributed by atoms with Crippen molar-refractivity contribution in [3.8, 4) is 0 Å². The second-order valence-corrected chi connectivity index (χ2v) is 2.61. The Morgan fingerprint density at radius 3 is 3.00 bits per heavy atom. The molecule has 2 aromatic heterocycles. The van der Waals surface area contributed by atoms with E-state index >= 15 is 0 Å². The van der Waals surface area contributed by atoms with E-state index in [1.165, 1.54) is 4.40 Å². The van der Waals surface area contributed by atoms with Crippen molar-refractivity contribution in [1.82, 2.24) is 14.6 Å². The Labute approximate surface area is 72.8 Å².